The molecule has 0 aromatic heterocycles. The van der Waals surface area contributed by atoms with E-state index in [-0.39, 0.29) is 5.91 Å². The third-order valence-electron chi connectivity index (χ3n) is 2.64. The van der Waals surface area contributed by atoms with Crippen molar-refractivity contribution in [2.75, 3.05) is 18.4 Å². The van der Waals surface area contributed by atoms with Crippen LogP contribution in [-0.4, -0.2) is 19.0 Å². The highest BCUT2D eigenvalue weighted by molar-refractivity contribution is 5.88. The monoisotopic (exact) mass is 204 g/mol. The van der Waals surface area contributed by atoms with E-state index < -0.39 is 0 Å². The van der Waals surface area contributed by atoms with Gasteiger partial charge < -0.3 is 10.6 Å². The maximum atomic E-state index is 10.9. The zero-order valence-electron chi connectivity index (χ0n) is 8.92. The lowest BCUT2D eigenvalue weighted by atomic mass is 9.94. The Morgan fingerprint density at radius 1 is 1.53 bits per heavy atom. The molecule has 1 aromatic carbocycles. The summed E-state index contributed by atoms with van der Waals surface area (Å²) in [5.41, 5.74) is 2.19. The molecule has 80 valence electrons. The summed E-state index contributed by atoms with van der Waals surface area (Å²) in [4.78, 5) is 10.9. The van der Waals surface area contributed by atoms with Crippen molar-refractivity contribution in [1.29, 1.82) is 0 Å². The second kappa shape index (κ2) is 4.45. The molecule has 0 radical (unpaired) electrons. The van der Waals surface area contributed by atoms with Gasteiger partial charge in [0.2, 0.25) is 5.91 Å². The molecule has 0 atom stereocenters. The Morgan fingerprint density at radius 3 is 2.93 bits per heavy atom. The van der Waals surface area contributed by atoms with Gasteiger partial charge in [0.25, 0.3) is 0 Å². The zero-order chi connectivity index (χ0) is 10.7. The highest BCUT2D eigenvalue weighted by Crippen LogP contribution is 2.16. The predicted molar refractivity (Wildman–Crippen MR) is 60.8 cm³/mol. The standard InChI is InChI=1S/C12H16N2O/c1-9(15)14-12-4-2-3-10(6-12)5-11-7-13-8-11/h2-4,6,11,13H,5,7-8H2,1H3,(H,14,15). The molecule has 1 fully saturated rings. The Bertz CT molecular complexity index is 358. The average molecular weight is 204 g/mol. The number of anilines is 1. The van der Waals surface area contributed by atoms with Crippen molar-refractivity contribution >= 4 is 11.6 Å². The Morgan fingerprint density at radius 2 is 2.33 bits per heavy atom. The summed E-state index contributed by atoms with van der Waals surface area (Å²) in [6, 6.07) is 8.08. The molecule has 0 spiro atoms. The Kier molecular flexibility index (Phi) is 3.02. The number of rotatable bonds is 3. The van der Waals surface area contributed by atoms with E-state index in [0.29, 0.717) is 0 Å². The van der Waals surface area contributed by atoms with Crippen LogP contribution in [0.4, 0.5) is 5.69 Å². The SMILES string of the molecule is CC(=O)Nc1cccc(CC2CNC2)c1. The molecule has 1 aromatic rings. The molecule has 0 unspecified atom stereocenters. The van der Waals surface area contributed by atoms with Gasteiger partial charge in [-0.3, -0.25) is 4.79 Å². The van der Waals surface area contributed by atoms with Gasteiger partial charge in [-0.2, -0.15) is 0 Å². The molecule has 2 rings (SSSR count). The highest BCUT2D eigenvalue weighted by atomic mass is 16.1. The Balaban J connectivity index is 2.00. The number of carbonyl (C=O) groups is 1. The van der Waals surface area contributed by atoms with E-state index in [1.807, 2.05) is 12.1 Å². The molecule has 1 aliphatic rings. The fourth-order valence-electron chi connectivity index (χ4n) is 1.81. The van der Waals surface area contributed by atoms with E-state index in [1.54, 1.807) is 0 Å². The number of hydrogen-bond donors (Lipinski definition) is 2. The van der Waals surface area contributed by atoms with Gasteiger partial charge in [-0.25, -0.2) is 0 Å². The summed E-state index contributed by atoms with van der Waals surface area (Å²) >= 11 is 0. The van der Waals surface area contributed by atoms with E-state index in [0.717, 1.165) is 31.1 Å². The third-order valence-corrected chi connectivity index (χ3v) is 2.64. The van der Waals surface area contributed by atoms with Gasteiger partial charge in [-0.05, 0) is 43.1 Å². The van der Waals surface area contributed by atoms with Gasteiger partial charge in [0.1, 0.15) is 0 Å². The highest BCUT2D eigenvalue weighted by Gasteiger charge is 2.16. The van der Waals surface area contributed by atoms with Gasteiger partial charge in [0.05, 0.1) is 0 Å². The second-order valence-electron chi connectivity index (χ2n) is 4.11. The van der Waals surface area contributed by atoms with Crippen LogP contribution in [-0.2, 0) is 11.2 Å². The maximum Gasteiger partial charge on any atom is 0.221 e. The first-order valence-corrected chi connectivity index (χ1v) is 5.31. The number of benzene rings is 1. The van der Waals surface area contributed by atoms with Crippen molar-refractivity contribution in [3.05, 3.63) is 29.8 Å². The van der Waals surface area contributed by atoms with Crippen molar-refractivity contribution in [2.45, 2.75) is 13.3 Å². The molecule has 1 saturated heterocycles. The normalized spacial score (nSPS) is 15.8. The molecular weight excluding hydrogens is 188 g/mol. The Labute approximate surface area is 89.9 Å². The van der Waals surface area contributed by atoms with Gasteiger partial charge in [0.15, 0.2) is 0 Å². The van der Waals surface area contributed by atoms with Crippen molar-refractivity contribution in [3.63, 3.8) is 0 Å². The molecule has 0 aliphatic carbocycles. The van der Waals surface area contributed by atoms with E-state index in [1.165, 1.54) is 12.5 Å². The molecule has 1 heterocycles. The summed E-state index contributed by atoms with van der Waals surface area (Å²) < 4.78 is 0. The smallest absolute Gasteiger partial charge is 0.221 e. The molecular formula is C12H16N2O. The van der Waals surface area contributed by atoms with Crippen molar-refractivity contribution in [2.24, 2.45) is 5.92 Å². The minimum atomic E-state index is -0.0162. The van der Waals surface area contributed by atoms with E-state index in [4.69, 9.17) is 0 Å². The number of hydrogen-bond acceptors (Lipinski definition) is 2. The number of amides is 1. The molecule has 3 heteroatoms. The largest absolute Gasteiger partial charge is 0.326 e. The first-order valence-electron chi connectivity index (χ1n) is 5.31. The minimum Gasteiger partial charge on any atom is -0.326 e. The van der Waals surface area contributed by atoms with Crippen LogP contribution in [0.1, 0.15) is 12.5 Å². The van der Waals surface area contributed by atoms with Gasteiger partial charge in [-0.15, -0.1) is 0 Å². The van der Waals surface area contributed by atoms with Crippen LogP contribution >= 0.6 is 0 Å². The summed E-state index contributed by atoms with van der Waals surface area (Å²) in [6.07, 6.45) is 1.10. The fraction of sp³-hybridized carbons (Fsp3) is 0.417. The molecule has 15 heavy (non-hydrogen) atoms. The summed E-state index contributed by atoms with van der Waals surface area (Å²) in [5.74, 6) is 0.745. The molecule has 1 aliphatic heterocycles. The molecule has 2 N–H and O–H groups in total. The topological polar surface area (TPSA) is 41.1 Å². The van der Waals surface area contributed by atoms with Crippen LogP contribution in [0.25, 0.3) is 0 Å². The van der Waals surface area contributed by atoms with Crippen LogP contribution in [0.3, 0.4) is 0 Å². The first kappa shape index (κ1) is 10.2. The Hall–Kier alpha value is -1.35. The van der Waals surface area contributed by atoms with E-state index >= 15 is 0 Å². The van der Waals surface area contributed by atoms with Crippen LogP contribution in [0.5, 0.6) is 0 Å². The van der Waals surface area contributed by atoms with Crippen LogP contribution < -0.4 is 10.6 Å². The lowest BCUT2D eigenvalue weighted by Gasteiger charge is -2.27. The van der Waals surface area contributed by atoms with Gasteiger partial charge in [0, 0.05) is 12.6 Å². The maximum absolute atomic E-state index is 10.9. The van der Waals surface area contributed by atoms with E-state index in [2.05, 4.69) is 22.8 Å². The summed E-state index contributed by atoms with van der Waals surface area (Å²) in [7, 11) is 0. The van der Waals surface area contributed by atoms with Crippen molar-refractivity contribution in [1.82, 2.24) is 5.32 Å². The van der Waals surface area contributed by atoms with Crippen molar-refractivity contribution < 1.29 is 4.79 Å². The molecule has 0 bridgehead atoms. The zero-order valence-corrected chi connectivity index (χ0v) is 8.92. The molecule has 0 saturated carbocycles. The summed E-state index contributed by atoms with van der Waals surface area (Å²) in [6.45, 7) is 3.76. The second-order valence-corrected chi connectivity index (χ2v) is 4.11. The molecule has 3 nitrogen and oxygen atoms in total. The van der Waals surface area contributed by atoms with Crippen molar-refractivity contribution in [3.8, 4) is 0 Å². The van der Waals surface area contributed by atoms with Crippen LogP contribution in [0, 0.1) is 5.92 Å². The predicted octanol–water partition coefficient (Wildman–Crippen LogP) is 1.41. The van der Waals surface area contributed by atoms with Gasteiger partial charge in [-0.1, -0.05) is 12.1 Å². The quantitative estimate of drug-likeness (QED) is 0.781. The first-order chi connectivity index (χ1) is 7.24. The summed E-state index contributed by atoms with van der Waals surface area (Å²) in [5, 5.41) is 6.06. The molecule has 1 amide bonds. The fourth-order valence-corrected chi connectivity index (χ4v) is 1.81. The van der Waals surface area contributed by atoms with Crippen LogP contribution in [0.2, 0.25) is 0 Å². The van der Waals surface area contributed by atoms with Gasteiger partial charge >= 0.3 is 0 Å². The lowest BCUT2D eigenvalue weighted by Crippen LogP contribution is -2.43. The number of carbonyl (C=O) groups excluding carboxylic acids is 1. The van der Waals surface area contributed by atoms with Crippen LogP contribution in [0.15, 0.2) is 24.3 Å². The lowest BCUT2D eigenvalue weighted by molar-refractivity contribution is -0.114. The minimum absolute atomic E-state index is 0.0162. The number of nitrogens with one attached hydrogen (secondary N) is 2. The average Bonchev–Trinajstić information content (AvgIpc) is 2.11. The third kappa shape index (κ3) is 2.80. The van der Waals surface area contributed by atoms with E-state index in [9.17, 15) is 4.79 Å².